The number of ether oxygens (including phenoxy) is 9. The van der Waals surface area contributed by atoms with E-state index in [2.05, 4.69) is 74.4 Å². The van der Waals surface area contributed by atoms with Crippen molar-refractivity contribution in [2.75, 3.05) is 175 Å². The first kappa shape index (κ1) is 103. The Bertz CT molecular complexity index is 3000. The summed E-state index contributed by atoms with van der Waals surface area (Å²) in [5, 5.41) is 42.4. The average molecular weight is 1790 g/mol. The molecule has 6 heterocycles. The molecule has 0 aromatic heterocycles. The van der Waals surface area contributed by atoms with Crippen molar-refractivity contribution in [3.63, 3.8) is 0 Å². The second-order valence-electron chi connectivity index (χ2n) is 31.8. The summed E-state index contributed by atoms with van der Waals surface area (Å²) in [4.78, 5) is 152. The summed E-state index contributed by atoms with van der Waals surface area (Å²) in [6.07, 6.45) is 15.6. The first-order valence-corrected chi connectivity index (χ1v) is 48.2. The first-order valence-electron chi connectivity index (χ1n) is 45.0. The number of urea groups is 3. The van der Waals surface area contributed by atoms with Crippen molar-refractivity contribution in [1.82, 2.24) is 74.4 Å². The van der Waals surface area contributed by atoms with Gasteiger partial charge in [-0.25, -0.2) is 14.4 Å². The second-order valence-corrected chi connectivity index (χ2v) is 35.6. The van der Waals surface area contributed by atoms with Gasteiger partial charge in [0.25, 0.3) is 17.7 Å². The summed E-state index contributed by atoms with van der Waals surface area (Å²) in [6, 6.07) is 4.60. The predicted molar refractivity (Wildman–Crippen MR) is 471 cm³/mol. The zero-order valence-electron chi connectivity index (χ0n) is 72.7. The second kappa shape index (κ2) is 62.3. The van der Waals surface area contributed by atoms with Crippen LogP contribution in [-0.4, -0.2) is 311 Å². The van der Waals surface area contributed by atoms with Gasteiger partial charge in [0.1, 0.15) is 5.78 Å². The van der Waals surface area contributed by atoms with Gasteiger partial charge in [-0.05, 0) is 114 Å². The number of nitrogens with one attached hydrogen (secondary N) is 14. The molecule has 35 nitrogen and oxygen atoms in total. The SMILES string of the molecule is CCC(CC(=O)CCCCC1SCC2NC(=O)NC21)CC(=O)NCCCOCCOCCOCCCNC(=O)c1cc(C(=O)NCCCOCCOCCOCCCNC(=O)CC(CC)NC(=O)CCCCC2SCC3NC(=O)NC32)cc(C(=O)NCCCOCCOCCOCCCNC(=O)CC(CC)NC(=O)CCCCC2SCC3NC(=O)NC32)c1. The number of carbonyl (C=O) groups is 12. The minimum absolute atomic E-state index is 0.00434. The van der Waals surface area contributed by atoms with Crippen LogP contribution in [0.5, 0.6) is 0 Å². The van der Waals surface area contributed by atoms with E-state index in [4.69, 9.17) is 42.6 Å². The molecule has 38 heteroatoms. The summed E-state index contributed by atoms with van der Waals surface area (Å²) in [5.41, 5.74) is 0.374. The summed E-state index contributed by atoms with van der Waals surface area (Å²) < 4.78 is 51.1. The van der Waals surface area contributed by atoms with Gasteiger partial charge in [-0.3, -0.25) is 43.2 Å². The highest BCUT2D eigenvalue weighted by Gasteiger charge is 2.45. The van der Waals surface area contributed by atoms with Gasteiger partial charge in [0.15, 0.2) is 0 Å². The Hall–Kier alpha value is -6.85. The molecule has 0 spiro atoms. The number of thioether (sulfide) groups is 3. The van der Waals surface area contributed by atoms with E-state index in [0.717, 1.165) is 81.5 Å². The molecule has 0 aliphatic carbocycles. The topological polar surface area (TPSA) is 456 Å². The smallest absolute Gasteiger partial charge is 0.315 e. The normalized spacial score (nSPS) is 20.4. The van der Waals surface area contributed by atoms with Crippen LogP contribution in [0.3, 0.4) is 0 Å². The standard InChI is InChI=1S/C85H142N14O21S3/c1-4-59(49-65(100)19-7-8-20-69-77-66(56-121-69)94-83(109)97-77)50-74(103)86-25-13-31-112-37-43-118-46-40-115-34-16-28-89-80(106)60-51-61(81(107)90-29-17-35-116-41-47-119-44-38-113-32-14-26-87-75(104)54-63(5-2)92-72(101)23-11-9-21-70-78-67(57-122-70)95-84(110)98-78)53-62(52-60)82(108)91-30-18-36-117-42-48-120-45-39-114-33-15-27-88-76(105)55-64(6-3)93-73(102)24-12-10-22-71-79-68(58-123-71)96-85(111)99-79/h51-53,59,63-64,66-71,77-79H,4-50,54-58H2,1-3H3,(H,86,103)(H,87,104)(H,88,105)(H,89,106)(H,90,107)(H,91,108)(H,92,101)(H,93,102)(H2,94,97,109)(H2,95,98,110)(H2,96,99,111). The molecule has 12 unspecified atom stereocenters. The zero-order chi connectivity index (χ0) is 87.9. The maximum atomic E-state index is 13.6. The van der Waals surface area contributed by atoms with Gasteiger partial charge in [-0.15, -0.1) is 0 Å². The van der Waals surface area contributed by atoms with E-state index in [1.54, 1.807) is 0 Å². The van der Waals surface area contributed by atoms with E-state index in [1.807, 2.05) is 56.1 Å². The number of ketones is 1. The van der Waals surface area contributed by atoms with Gasteiger partial charge < -0.3 is 117 Å². The molecule has 1 aromatic carbocycles. The molecule has 14 N–H and O–H groups in total. The predicted octanol–water partition coefficient (Wildman–Crippen LogP) is 4.84. The summed E-state index contributed by atoms with van der Waals surface area (Å²) in [5.74, 6) is 1.05. The molecule has 6 aliphatic rings. The maximum Gasteiger partial charge on any atom is 0.315 e. The lowest BCUT2D eigenvalue weighted by Gasteiger charge is -2.18. The van der Waals surface area contributed by atoms with Crippen molar-refractivity contribution in [3.8, 4) is 0 Å². The molecule has 0 bridgehead atoms. The largest absolute Gasteiger partial charge is 0.379 e. The van der Waals surface area contributed by atoms with Gasteiger partial charge in [0.2, 0.25) is 29.5 Å². The minimum atomic E-state index is -0.477. The zero-order valence-corrected chi connectivity index (χ0v) is 75.2. The number of rotatable bonds is 73. The molecule has 6 saturated heterocycles. The van der Waals surface area contributed by atoms with Gasteiger partial charge in [-0.2, -0.15) is 35.3 Å². The van der Waals surface area contributed by atoms with Crippen LogP contribution in [0.25, 0.3) is 0 Å². The Morgan fingerprint density at radius 3 is 0.894 bits per heavy atom. The molecule has 0 radical (unpaired) electrons. The molecule has 14 amide bonds. The van der Waals surface area contributed by atoms with Gasteiger partial charge in [-0.1, -0.05) is 46.5 Å². The van der Waals surface area contributed by atoms with Crippen LogP contribution in [0, 0.1) is 5.92 Å². The van der Waals surface area contributed by atoms with E-state index in [9.17, 15) is 57.5 Å². The number of benzene rings is 1. The lowest BCUT2D eigenvalue weighted by atomic mass is 9.93. The number of Topliss-reactive ketones (excluding diaryl/α,β-unsaturated/α-hetero) is 1. The fraction of sp³-hybridized carbons (Fsp3) is 0.788. The highest BCUT2D eigenvalue weighted by molar-refractivity contribution is 8.00. The van der Waals surface area contributed by atoms with Crippen molar-refractivity contribution >= 4 is 106 Å². The van der Waals surface area contributed by atoms with E-state index in [0.29, 0.717) is 238 Å². The molecule has 123 heavy (non-hydrogen) atoms. The minimum Gasteiger partial charge on any atom is -0.379 e. The average Bonchev–Trinajstić information content (AvgIpc) is 1.67. The van der Waals surface area contributed by atoms with Crippen LogP contribution in [0.2, 0.25) is 0 Å². The Morgan fingerprint density at radius 1 is 0.325 bits per heavy atom. The summed E-state index contributed by atoms with van der Waals surface area (Å²) in [6.45, 7) is 14.5. The lowest BCUT2D eigenvalue weighted by molar-refractivity contribution is -0.125. The molecule has 6 aliphatic heterocycles. The highest BCUT2D eigenvalue weighted by Crippen LogP contribution is 2.36. The Kier molecular flexibility index (Phi) is 52.3. The fourth-order valence-electron chi connectivity index (χ4n) is 15.1. The number of hydrogen-bond donors (Lipinski definition) is 14. The van der Waals surface area contributed by atoms with Gasteiger partial charge in [0.05, 0.1) is 116 Å². The first-order chi connectivity index (χ1) is 59.9. The Balaban J connectivity index is 0.688. The summed E-state index contributed by atoms with van der Waals surface area (Å²) >= 11 is 5.61. The van der Waals surface area contributed by atoms with Crippen LogP contribution in [0.1, 0.15) is 212 Å². The van der Waals surface area contributed by atoms with Crippen molar-refractivity contribution in [3.05, 3.63) is 34.9 Å². The van der Waals surface area contributed by atoms with Crippen LogP contribution < -0.4 is 74.4 Å². The number of unbranched alkanes of at least 4 members (excludes halogenated alkanes) is 3. The quantitative estimate of drug-likeness (QED) is 0.0306. The Labute approximate surface area is 738 Å². The molecule has 696 valence electrons. The van der Waals surface area contributed by atoms with E-state index in [1.165, 1.54) is 18.2 Å². The molecule has 12 atom stereocenters. The third kappa shape index (κ3) is 43.0. The van der Waals surface area contributed by atoms with Crippen molar-refractivity contribution in [1.29, 1.82) is 0 Å². The Morgan fingerprint density at radius 2 is 0.602 bits per heavy atom. The summed E-state index contributed by atoms with van der Waals surface area (Å²) in [7, 11) is 0. The number of fused-ring (bicyclic) bond motifs is 3. The van der Waals surface area contributed by atoms with Crippen molar-refractivity contribution in [2.24, 2.45) is 5.92 Å². The maximum absolute atomic E-state index is 13.6. The molecule has 7 rings (SSSR count). The number of carbonyl (C=O) groups excluding carboxylic acids is 12. The van der Waals surface area contributed by atoms with E-state index < -0.39 is 17.7 Å². The number of amides is 14. The van der Waals surface area contributed by atoms with Crippen molar-refractivity contribution < 1.29 is 100 Å². The fourth-order valence-corrected chi connectivity index (χ4v) is 19.7. The van der Waals surface area contributed by atoms with Crippen LogP contribution in [0.4, 0.5) is 14.4 Å². The van der Waals surface area contributed by atoms with E-state index in [-0.39, 0.29) is 157 Å². The lowest BCUT2D eigenvalue weighted by Crippen LogP contribution is -2.39. The van der Waals surface area contributed by atoms with Crippen LogP contribution in [-0.2, 0) is 71.4 Å². The third-order valence-electron chi connectivity index (χ3n) is 22.0. The van der Waals surface area contributed by atoms with Crippen LogP contribution >= 0.6 is 35.3 Å². The van der Waals surface area contributed by atoms with E-state index >= 15 is 0 Å². The molecule has 1 aromatic rings. The van der Waals surface area contributed by atoms with Crippen molar-refractivity contribution in [2.45, 2.75) is 245 Å². The molecule has 6 fully saturated rings. The molecular formula is C85H142N14O21S3. The van der Waals surface area contributed by atoms with Gasteiger partial charge >= 0.3 is 18.1 Å². The third-order valence-corrected chi connectivity index (χ3v) is 26.5. The molecule has 0 saturated carbocycles. The highest BCUT2D eigenvalue weighted by atomic mass is 32.2. The van der Waals surface area contributed by atoms with Gasteiger partial charge in [0, 0.05) is 186 Å². The monoisotopic (exact) mass is 1790 g/mol. The number of hydrogen-bond acceptors (Lipinski definition) is 24. The van der Waals surface area contributed by atoms with Crippen LogP contribution in [0.15, 0.2) is 18.2 Å². The molecular weight excluding hydrogens is 1650 g/mol.